The lowest BCUT2D eigenvalue weighted by atomic mass is 10.3. The number of aliphatic carboxylic acids is 1. The Morgan fingerprint density at radius 2 is 2.00 bits per heavy atom. The zero-order valence-electron chi connectivity index (χ0n) is 7.37. The molecular formula is C10H9FO2S. The summed E-state index contributed by atoms with van der Waals surface area (Å²) in [7, 11) is 0. The number of thioether (sulfide) groups is 1. The molecule has 1 rings (SSSR count). The monoisotopic (exact) mass is 212 g/mol. The number of halogens is 1. The highest BCUT2D eigenvalue weighted by Crippen LogP contribution is 2.20. The van der Waals surface area contributed by atoms with Crippen molar-refractivity contribution in [3.05, 3.63) is 42.2 Å². The van der Waals surface area contributed by atoms with Gasteiger partial charge in [-0.1, -0.05) is 6.58 Å². The van der Waals surface area contributed by atoms with Gasteiger partial charge < -0.3 is 5.11 Å². The third-order valence-electron chi connectivity index (χ3n) is 1.53. The normalized spacial score (nSPS) is 9.79. The molecule has 0 aliphatic carbocycles. The second kappa shape index (κ2) is 4.81. The number of carboxylic acids is 1. The molecule has 0 spiro atoms. The van der Waals surface area contributed by atoms with Crippen LogP contribution in [0.1, 0.15) is 0 Å². The van der Waals surface area contributed by atoms with Gasteiger partial charge in [0.2, 0.25) is 0 Å². The molecule has 1 aromatic rings. The number of hydrogen-bond donors (Lipinski definition) is 1. The van der Waals surface area contributed by atoms with Crippen molar-refractivity contribution in [1.29, 1.82) is 0 Å². The van der Waals surface area contributed by atoms with E-state index in [1.165, 1.54) is 23.9 Å². The molecule has 0 atom stereocenters. The van der Waals surface area contributed by atoms with Crippen LogP contribution in [0.2, 0.25) is 0 Å². The van der Waals surface area contributed by atoms with Crippen LogP contribution in [0.5, 0.6) is 0 Å². The van der Waals surface area contributed by atoms with Gasteiger partial charge in [-0.25, -0.2) is 9.18 Å². The Labute approximate surface area is 85.4 Å². The molecule has 0 aliphatic heterocycles. The van der Waals surface area contributed by atoms with Crippen LogP contribution in [0.3, 0.4) is 0 Å². The van der Waals surface area contributed by atoms with Crippen LogP contribution in [0.15, 0.2) is 41.3 Å². The van der Waals surface area contributed by atoms with Gasteiger partial charge in [0.05, 0.1) is 0 Å². The maximum Gasteiger partial charge on any atom is 0.331 e. The quantitative estimate of drug-likeness (QED) is 0.615. The zero-order valence-corrected chi connectivity index (χ0v) is 8.18. The predicted molar refractivity (Wildman–Crippen MR) is 53.9 cm³/mol. The molecule has 4 heteroatoms. The van der Waals surface area contributed by atoms with Crippen LogP contribution >= 0.6 is 11.8 Å². The molecule has 0 amide bonds. The number of hydrogen-bond acceptors (Lipinski definition) is 2. The van der Waals surface area contributed by atoms with Crippen molar-refractivity contribution in [3.8, 4) is 0 Å². The second-order valence-electron chi connectivity index (χ2n) is 2.65. The van der Waals surface area contributed by atoms with Gasteiger partial charge in [0.1, 0.15) is 5.82 Å². The largest absolute Gasteiger partial charge is 0.478 e. The highest BCUT2D eigenvalue weighted by atomic mass is 32.2. The third-order valence-corrected chi connectivity index (χ3v) is 2.63. The van der Waals surface area contributed by atoms with Gasteiger partial charge in [0.15, 0.2) is 0 Å². The fraction of sp³-hybridized carbons (Fsp3) is 0.100. The lowest BCUT2D eigenvalue weighted by Crippen LogP contribution is -2.00. The van der Waals surface area contributed by atoms with Gasteiger partial charge in [-0.15, -0.1) is 11.8 Å². The molecule has 0 aliphatic rings. The zero-order chi connectivity index (χ0) is 10.6. The summed E-state index contributed by atoms with van der Waals surface area (Å²) in [5.41, 5.74) is 0.138. The summed E-state index contributed by atoms with van der Waals surface area (Å²) in [4.78, 5) is 11.2. The van der Waals surface area contributed by atoms with Gasteiger partial charge in [-0.3, -0.25) is 0 Å². The van der Waals surface area contributed by atoms with Crippen molar-refractivity contribution in [2.75, 3.05) is 5.75 Å². The molecule has 0 heterocycles. The molecule has 74 valence electrons. The highest BCUT2D eigenvalue weighted by molar-refractivity contribution is 7.99. The fourth-order valence-corrected chi connectivity index (χ4v) is 1.56. The summed E-state index contributed by atoms with van der Waals surface area (Å²) >= 11 is 1.32. The molecule has 0 unspecified atom stereocenters. The summed E-state index contributed by atoms with van der Waals surface area (Å²) in [6.45, 7) is 3.39. The Morgan fingerprint density at radius 1 is 1.43 bits per heavy atom. The van der Waals surface area contributed by atoms with Crippen molar-refractivity contribution in [3.63, 3.8) is 0 Å². The number of carbonyl (C=O) groups is 1. The number of rotatable bonds is 4. The van der Waals surface area contributed by atoms with E-state index in [1.54, 1.807) is 12.1 Å². The molecular weight excluding hydrogens is 203 g/mol. The smallest absolute Gasteiger partial charge is 0.331 e. The molecule has 1 N–H and O–H groups in total. The Balaban J connectivity index is 2.50. The van der Waals surface area contributed by atoms with Crippen molar-refractivity contribution < 1.29 is 14.3 Å². The Morgan fingerprint density at radius 3 is 2.50 bits per heavy atom. The molecule has 0 aromatic heterocycles. The van der Waals surface area contributed by atoms with Crippen LogP contribution in [0.25, 0.3) is 0 Å². The van der Waals surface area contributed by atoms with Gasteiger partial charge >= 0.3 is 5.97 Å². The van der Waals surface area contributed by atoms with Crippen LogP contribution in [-0.4, -0.2) is 16.8 Å². The minimum Gasteiger partial charge on any atom is -0.478 e. The first-order valence-electron chi connectivity index (χ1n) is 3.89. The molecule has 1 aromatic carbocycles. The van der Waals surface area contributed by atoms with E-state index in [0.717, 1.165) is 4.90 Å². The lowest BCUT2D eigenvalue weighted by Gasteiger charge is -2.00. The van der Waals surface area contributed by atoms with Gasteiger partial charge in [-0.2, -0.15) is 0 Å². The van der Waals surface area contributed by atoms with E-state index in [4.69, 9.17) is 5.11 Å². The lowest BCUT2D eigenvalue weighted by molar-refractivity contribution is -0.132. The average Bonchev–Trinajstić information content (AvgIpc) is 2.16. The number of benzene rings is 1. The summed E-state index contributed by atoms with van der Waals surface area (Å²) in [6, 6.07) is 5.89. The van der Waals surface area contributed by atoms with Crippen LogP contribution in [-0.2, 0) is 4.79 Å². The second-order valence-corrected chi connectivity index (χ2v) is 3.70. The maximum absolute atomic E-state index is 12.5. The van der Waals surface area contributed by atoms with Crippen LogP contribution in [0.4, 0.5) is 4.39 Å². The van der Waals surface area contributed by atoms with Crippen LogP contribution in [0, 0.1) is 5.82 Å². The van der Waals surface area contributed by atoms with E-state index >= 15 is 0 Å². The first kappa shape index (κ1) is 10.8. The van der Waals surface area contributed by atoms with Crippen molar-refractivity contribution in [2.45, 2.75) is 4.90 Å². The Hall–Kier alpha value is -1.29. The van der Waals surface area contributed by atoms with E-state index < -0.39 is 5.97 Å². The number of carboxylic acid groups (broad SMARTS) is 1. The molecule has 0 bridgehead atoms. The summed E-state index contributed by atoms with van der Waals surface area (Å²) in [5, 5.41) is 8.53. The predicted octanol–water partition coefficient (Wildman–Crippen LogP) is 2.56. The van der Waals surface area contributed by atoms with Gasteiger partial charge in [-0.05, 0) is 24.3 Å². The summed E-state index contributed by atoms with van der Waals surface area (Å²) in [5.74, 6) is -0.993. The van der Waals surface area contributed by atoms with Crippen LogP contribution < -0.4 is 0 Å². The van der Waals surface area contributed by atoms with Crippen molar-refractivity contribution >= 4 is 17.7 Å². The van der Waals surface area contributed by atoms with E-state index in [1.807, 2.05) is 0 Å². The third kappa shape index (κ3) is 3.22. The SMILES string of the molecule is C=C(CSc1ccc(F)cc1)C(=O)O. The molecule has 0 saturated carbocycles. The topological polar surface area (TPSA) is 37.3 Å². The van der Waals surface area contributed by atoms with E-state index in [9.17, 15) is 9.18 Å². The first-order chi connectivity index (χ1) is 6.59. The summed E-state index contributed by atoms with van der Waals surface area (Å²) < 4.78 is 12.5. The van der Waals surface area contributed by atoms with E-state index in [2.05, 4.69) is 6.58 Å². The Bertz CT molecular complexity index is 346. The van der Waals surface area contributed by atoms with Crippen molar-refractivity contribution in [2.24, 2.45) is 0 Å². The molecule has 0 fully saturated rings. The molecule has 2 nitrogen and oxygen atoms in total. The minimum absolute atomic E-state index is 0.138. The van der Waals surface area contributed by atoms with E-state index in [-0.39, 0.29) is 11.4 Å². The standard InChI is InChI=1S/C10H9FO2S/c1-7(10(12)13)6-14-9-4-2-8(11)3-5-9/h2-5H,1,6H2,(H,12,13). The fourth-order valence-electron chi connectivity index (χ4n) is 0.763. The first-order valence-corrected chi connectivity index (χ1v) is 4.87. The average molecular weight is 212 g/mol. The molecule has 0 radical (unpaired) electrons. The van der Waals surface area contributed by atoms with Gasteiger partial charge in [0.25, 0.3) is 0 Å². The van der Waals surface area contributed by atoms with Gasteiger partial charge in [0, 0.05) is 16.2 Å². The van der Waals surface area contributed by atoms with Crippen molar-refractivity contribution in [1.82, 2.24) is 0 Å². The van der Waals surface area contributed by atoms with E-state index in [0.29, 0.717) is 5.75 Å². The minimum atomic E-state index is -1.00. The molecule has 0 saturated heterocycles. The maximum atomic E-state index is 12.5. The molecule has 14 heavy (non-hydrogen) atoms. The highest BCUT2D eigenvalue weighted by Gasteiger charge is 2.04. The Kier molecular flexibility index (Phi) is 3.71. The summed E-state index contributed by atoms with van der Waals surface area (Å²) in [6.07, 6.45) is 0.